The summed E-state index contributed by atoms with van der Waals surface area (Å²) in [6.45, 7) is 0.0594. The fourth-order valence-electron chi connectivity index (χ4n) is 5.22. The summed E-state index contributed by atoms with van der Waals surface area (Å²) in [5.74, 6) is 0.00546. The molecule has 3 atom stereocenters. The Bertz CT molecular complexity index is 1140. The standard InChI is InChI=1S/C29H34FIN2O5/c30-22-11-9-20(10-12-22)18-33(27(35)15-19-5-1-2-6-19)24-16-21(29(37)32-13-14-34)17-26(28(24)36)38-25-8-4-3-7-23(25)31/h3-4,7-12,17,19,24,26,28,34,36H,1-2,5-6,13-16,18H2,(H,32,37). The molecule has 2 amide bonds. The van der Waals surface area contributed by atoms with Crippen LogP contribution in [0.2, 0.25) is 0 Å². The van der Waals surface area contributed by atoms with Crippen LogP contribution >= 0.6 is 22.6 Å². The van der Waals surface area contributed by atoms with Gasteiger partial charge in [0, 0.05) is 31.5 Å². The van der Waals surface area contributed by atoms with Crippen molar-refractivity contribution in [3.63, 3.8) is 0 Å². The second kappa shape index (κ2) is 13.5. The minimum absolute atomic E-state index is 0.0887. The highest BCUT2D eigenvalue weighted by atomic mass is 127. The predicted molar refractivity (Wildman–Crippen MR) is 150 cm³/mol. The number of halogens is 2. The van der Waals surface area contributed by atoms with Gasteiger partial charge in [-0.15, -0.1) is 0 Å². The highest BCUT2D eigenvalue weighted by molar-refractivity contribution is 14.1. The average Bonchev–Trinajstić information content (AvgIpc) is 3.42. The monoisotopic (exact) mass is 636 g/mol. The van der Waals surface area contributed by atoms with Crippen molar-refractivity contribution in [2.24, 2.45) is 5.92 Å². The van der Waals surface area contributed by atoms with Gasteiger partial charge >= 0.3 is 0 Å². The molecular formula is C29H34FIN2O5. The number of aliphatic hydroxyl groups is 2. The van der Waals surface area contributed by atoms with Crippen LogP contribution in [0, 0.1) is 15.3 Å². The fraction of sp³-hybridized carbons (Fsp3) is 0.448. The molecule has 1 saturated carbocycles. The van der Waals surface area contributed by atoms with Crippen LogP contribution in [-0.2, 0) is 16.1 Å². The third-order valence-electron chi connectivity index (χ3n) is 7.24. The summed E-state index contributed by atoms with van der Waals surface area (Å²) >= 11 is 2.15. The van der Waals surface area contributed by atoms with Crippen molar-refractivity contribution in [2.75, 3.05) is 13.2 Å². The number of nitrogens with one attached hydrogen (secondary N) is 1. The molecule has 0 saturated heterocycles. The molecule has 38 heavy (non-hydrogen) atoms. The maximum Gasteiger partial charge on any atom is 0.247 e. The Morgan fingerprint density at radius 2 is 1.82 bits per heavy atom. The van der Waals surface area contributed by atoms with Crippen LogP contribution in [0.5, 0.6) is 5.75 Å². The second-order valence-corrected chi connectivity index (χ2v) is 11.1. The first-order valence-electron chi connectivity index (χ1n) is 13.1. The smallest absolute Gasteiger partial charge is 0.247 e. The van der Waals surface area contributed by atoms with Crippen LogP contribution in [0.3, 0.4) is 0 Å². The number of rotatable bonds is 10. The SMILES string of the molecule is O=C(NCCO)C1=CC(Oc2ccccc2I)C(O)C(N(Cc2ccc(F)cc2)C(=O)CC2CCCC2)C1. The summed E-state index contributed by atoms with van der Waals surface area (Å²) in [5, 5.41) is 23.4. The fourth-order valence-corrected chi connectivity index (χ4v) is 5.74. The van der Waals surface area contributed by atoms with Gasteiger partial charge in [-0.3, -0.25) is 9.59 Å². The van der Waals surface area contributed by atoms with Gasteiger partial charge in [-0.25, -0.2) is 4.39 Å². The zero-order valence-corrected chi connectivity index (χ0v) is 23.3. The molecule has 0 bridgehead atoms. The van der Waals surface area contributed by atoms with Gasteiger partial charge in [0.2, 0.25) is 11.8 Å². The largest absolute Gasteiger partial charge is 0.482 e. The summed E-state index contributed by atoms with van der Waals surface area (Å²) < 4.78 is 20.6. The van der Waals surface area contributed by atoms with Gasteiger partial charge in [-0.2, -0.15) is 0 Å². The van der Waals surface area contributed by atoms with Gasteiger partial charge in [-0.1, -0.05) is 37.1 Å². The molecule has 0 aromatic heterocycles. The molecule has 2 aliphatic rings. The van der Waals surface area contributed by atoms with Crippen LogP contribution in [0.15, 0.2) is 60.2 Å². The first-order chi connectivity index (χ1) is 18.4. The van der Waals surface area contributed by atoms with Crippen molar-refractivity contribution >= 4 is 34.4 Å². The highest BCUT2D eigenvalue weighted by Gasteiger charge is 2.41. The molecule has 204 valence electrons. The molecule has 0 aliphatic heterocycles. The Hall–Kier alpha value is -2.50. The molecule has 9 heteroatoms. The van der Waals surface area contributed by atoms with Crippen molar-refractivity contribution in [1.29, 1.82) is 0 Å². The minimum atomic E-state index is -1.10. The van der Waals surface area contributed by atoms with E-state index >= 15 is 0 Å². The van der Waals surface area contributed by atoms with Crippen molar-refractivity contribution < 1.29 is 28.9 Å². The van der Waals surface area contributed by atoms with E-state index in [4.69, 9.17) is 4.74 Å². The minimum Gasteiger partial charge on any atom is -0.482 e. The van der Waals surface area contributed by atoms with E-state index in [-0.39, 0.29) is 43.7 Å². The van der Waals surface area contributed by atoms with Gasteiger partial charge in [-0.05, 0) is 77.3 Å². The van der Waals surface area contributed by atoms with Gasteiger partial charge < -0.3 is 25.2 Å². The Balaban J connectivity index is 1.66. The lowest BCUT2D eigenvalue weighted by molar-refractivity contribution is -0.140. The van der Waals surface area contributed by atoms with Crippen LogP contribution in [0.25, 0.3) is 0 Å². The summed E-state index contributed by atoms with van der Waals surface area (Å²) in [6.07, 6.45) is 4.31. The molecule has 0 spiro atoms. The third-order valence-corrected chi connectivity index (χ3v) is 8.13. The normalized spacial score (nSPS) is 21.6. The van der Waals surface area contributed by atoms with E-state index in [1.165, 1.54) is 12.1 Å². The quantitative estimate of drug-likeness (QED) is 0.344. The van der Waals surface area contributed by atoms with Crippen molar-refractivity contribution in [3.8, 4) is 5.75 Å². The predicted octanol–water partition coefficient (Wildman–Crippen LogP) is 3.95. The Labute approximate surface area is 236 Å². The zero-order valence-electron chi connectivity index (χ0n) is 21.2. The van der Waals surface area contributed by atoms with E-state index in [1.54, 1.807) is 29.2 Å². The molecule has 2 aliphatic carbocycles. The highest BCUT2D eigenvalue weighted by Crippen LogP contribution is 2.33. The van der Waals surface area contributed by atoms with Gasteiger partial charge in [0.1, 0.15) is 23.8 Å². The first kappa shape index (κ1) is 28.5. The average molecular weight is 637 g/mol. The molecule has 2 aromatic carbocycles. The zero-order chi connectivity index (χ0) is 27.1. The second-order valence-electron chi connectivity index (χ2n) is 9.95. The van der Waals surface area contributed by atoms with Crippen LogP contribution < -0.4 is 10.1 Å². The van der Waals surface area contributed by atoms with Crippen molar-refractivity contribution in [1.82, 2.24) is 10.2 Å². The van der Waals surface area contributed by atoms with Crippen LogP contribution in [0.4, 0.5) is 4.39 Å². The molecule has 2 aromatic rings. The lowest BCUT2D eigenvalue weighted by atomic mass is 9.87. The van der Waals surface area contributed by atoms with E-state index < -0.39 is 18.2 Å². The molecule has 3 unspecified atom stereocenters. The number of hydrogen-bond donors (Lipinski definition) is 3. The van der Waals surface area contributed by atoms with E-state index in [9.17, 15) is 24.2 Å². The number of carbonyl (C=O) groups excluding carboxylic acids is 2. The van der Waals surface area contributed by atoms with Gasteiger partial charge in [0.25, 0.3) is 0 Å². The molecule has 0 radical (unpaired) electrons. The number of carbonyl (C=O) groups is 2. The number of nitrogens with zero attached hydrogens (tertiary/aromatic N) is 1. The third kappa shape index (κ3) is 7.33. The Kier molecular flexibility index (Phi) is 10.1. The summed E-state index contributed by atoms with van der Waals surface area (Å²) in [5.41, 5.74) is 1.11. The maximum atomic E-state index is 13.7. The van der Waals surface area contributed by atoms with E-state index in [0.717, 1.165) is 34.8 Å². The van der Waals surface area contributed by atoms with E-state index in [1.807, 2.05) is 18.2 Å². The van der Waals surface area contributed by atoms with Crippen LogP contribution in [-0.4, -0.2) is 58.3 Å². The Morgan fingerprint density at radius 3 is 2.50 bits per heavy atom. The molecule has 4 rings (SSSR count). The summed E-state index contributed by atoms with van der Waals surface area (Å²) in [7, 11) is 0. The van der Waals surface area contributed by atoms with Gasteiger partial charge in [0.05, 0.1) is 16.2 Å². The number of aliphatic hydroxyl groups excluding tert-OH is 2. The Morgan fingerprint density at radius 1 is 1.11 bits per heavy atom. The number of para-hydroxylation sites is 1. The number of hydrogen-bond acceptors (Lipinski definition) is 5. The summed E-state index contributed by atoms with van der Waals surface area (Å²) in [6, 6.07) is 12.6. The topological polar surface area (TPSA) is 99.1 Å². The van der Waals surface area contributed by atoms with Gasteiger partial charge in [0.15, 0.2) is 0 Å². The molecule has 3 N–H and O–H groups in total. The molecule has 7 nitrogen and oxygen atoms in total. The number of benzene rings is 2. The molecular weight excluding hydrogens is 602 g/mol. The number of ether oxygens (including phenoxy) is 1. The van der Waals surface area contributed by atoms with Crippen molar-refractivity contribution in [3.05, 3.63) is 75.1 Å². The lowest BCUT2D eigenvalue weighted by Gasteiger charge is -2.41. The molecule has 0 heterocycles. The lowest BCUT2D eigenvalue weighted by Crippen LogP contribution is -2.55. The number of amides is 2. The van der Waals surface area contributed by atoms with E-state index in [2.05, 4.69) is 27.9 Å². The van der Waals surface area contributed by atoms with Crippen LogP contribution in [0.1, 0.15) is 44.1 Å². The summed E-state index contributed by atoms with van der Waals surface area (Å²) in [4.78, 5) is 28.3. The van der Waals surface area contributed by atoms with E-state index in [0.29, 0.717) is 23.7 Å². The van der Waals surface area contributed by atoms with Crippen molar-refractivity contribution in [2.45, 2.75) is 63.3 Å². The first-order valence-corrected chi connectivity index (χ1v) is 14.2. The molecule has 1 fully saturated rings. The maximum absolute atomic E-state index is 13.7.